The largest absolute Gasteiger partial charge is 0.493 e. The highest BCUT2D eigenvalue weighted by Crippen LogP contribution is 2.41. The Kier molecular flexibility index (Phi) is 6.35. The van der Waals surface area contributed by atoms with E-state index in [-0.39, 0.29) is 24.5 Å². The number of aliphatic hydroxyl groups excluding tert-OH is 1. The van der Waals surface area contributed by atoms with Crippen LogP contribution in [0.1, 0.15) is 10.9 Å². The summed E-state index contributed by atoms with van der Waals surface area (Å²) in [5, 5.41) is 8.66. The number of aliphatic hydroxyl groups is 1. The number of hydrogen-bond acceptors (Lipinski definition) is 6. The maximum absolute atomic E-state index is 12.0. The van der Waals surface area contributed by atoms with E-state index in [2.05, 4.69) is 0 Å². The maximum Gasteiger partial charge on any atom is 0.233 e. The van der Waals surface area contributed by atoms with Gasteiger partial charge >= 0.3 is 0 Å². The van der Waals surface area contributed by atoms with Crippen LogP contribution in [0, 0.1) is 0 Å². The van der Waals surface area contributed by atoms with Gasteiger partial charge in [-0.3, -0.25) is 4.79 Å². The molecule has 0 spiro atoms. The molecule has 122 valence electrons. The highest BCUT2D eigenvalue weighted by atomic mass is 32.2. The van der Waals surface area contributed by atoms with Crippen LogP contribution in [-0.4, -0.2) is 62.3 Å². The second kappa shape index (κ2) is 8.26. The zero-order valence-electron chi connectivity index (χ0n) is 12.8. The van der Waals surface area contributed by atoms with Crippen LogP contribution >= 0.6 is 11.8 Å². The molecule has 6 nitrogen and oxygen atoms in total. The Balaban J connectivity index is 2.10. The number of thioether (sulfide) groups is 1. The molecule has 0 radical (unpaired) electrons. The van der Waals surface area contributed by atoms with Gasteiger partial charge in [0.1, 0.15) is 5.37 Å². The molecule has 1 fully saturated rings. The van der Waals surface area contributed by atoms with E-state index >= 15 is 0 Å². The molecular formula is C15H21NO5S. The van der Waals surface area contributed by atoms with E-state index in [1.54, 1.807) is 30.9 Å². The number of carbonyl (C=O) groups is 1. The predicted molar refractivity (Wildman–Crippen MR) is 84.4 cm³/mol. The first-order valence-electron chi connectivity index (χ1n) is 7.03. The van der Waals surface area contributed by atoms with Crippen molar-refractivity contribution in [1.82, 2.24) is 4.90 Å². The molecule has 1 atom stereocenters. The van der Waals surface area contributed by atoms with Gasteiger partial charge in [-0.15, -0.1) is 11.8 Å². The van der Waals surface area contributed by atoms with Gasteiger partial charge in [-0.1, -0.05) is 6.07 Å². The van der Waals surface area contributed by atoms with Gasteiger partial charge in [-0.05, 0) is 17.7 Å². The van der Waals surface area contributed by atoms with Crippen molar-refractivity contribution >= 4 is 17.7 Å². The van der Waals surface area contributed by atoms with Crippen LogP contribution in [0.4, 0.5) is 0 Å². The third-order valence-corrected chi connectivity index (χ3v) is 4.63. The molecule has 1 aromatic rings. The molecule has 1 heterocycles. The molecule has 0 aromatic heterocycles. The van der Waals surface area contributed by atoms with Gasteiger partial charge in [0.2, 0.25) is 5.91 Å². The Hall–Kier alpha value is -1.44. The van der Waals surface area contributed by atoms with Crippen LogP contribution < -0.4 is 9.47 Å². The minimum absolute atomic E-state index is 0.0121. The molecule has 0 saturated carbocycles. The van der Waals surface area contributed by atoms with Crippen molar-refractivity contribution in [3.63, 3.8) is 0 Å². The number of nitrogens with zero attached hydrogens (tertiary/aromatic N) is 1. The Morgan fingerprint density at radius 2 is 2.05 bits per heavy atom. The van der Waals surface area contributed by atoms with Crippen LogP contribution in [0.15, 0.2) is 18.2 Å². The number of hydrogen-bond donors (Lipinski definition) is 1. The van der Waals surface area contributed by atoms with Crippen molar-refractivity contribution in [3.8, 4) is 11.5 Å². The molecule has 1 aliphatic rings. The number of amides is 1. The summed E-state index contributed by atoms with van der Waals surface area (Å²) in [5.41, 5.74) is 0.996. The number of benzene rings is 1. The van der Waals surface area contributed by atoms with Crippen molar-refractivity contribution in [1.29, 1.82) is 0 Å². The van der Waals surface area contributed by atoms with E-state index in [1.165, 1.54) is 0 Å². The van der Waals surface area contributed by atoms with Gasteiger partial charge in [-0.25, -0.2) is 0 Å². The first kappa shape index (κ1) is 16.9. The molecule has 2 rings (SSSR count). The highest BCUT2D eigenvalue weighted by Gasteiger charge is 2.32. The summed E-state index contributed by atoms with van der Waals surface area (Å²) in [5.74, 6) is 1.87. The minimum Gasteiger partial charge on any atom is -0.493 e. The number of methoxy groups -OCH3 is 2. The van der Waals surface area contributed by atoms with E-state index in [1.807, 2.05) is 18.2 Å². The second-order valence-corrected chi connectivity index (χ2v) is 5.77. The quantitative estimate of drug-likeness (QED) is 0.726. The zero-order valence-corrected chi connectivity index (χ0v) is 13.6. The molecule has 1 saturated heterocycles. The van der Waals surface area contributed by atoms with Crippen LogP contribution in [0.5, 0.6) is 11.5 Å². The molecule has 1 aliphatic heterocycles. The lowest BCUT2D eigenvalue weighted by Gasteiger charge is -2.24. The number of rotatable bonds is 8. The van der Waals surface area contributed by atoms with E-state index < -0.39 is 0 Å². The molecule has 0 aliphatic carbocycles. The van der Waals surface area contributed by atoms with Gasteiger partial charge in [0, 0.05) is 6.54 Å². The Morgan fingerprint density at radius 1 is 1.27 bits per heavy atom. The van der Waals surface area contributed by atoms with Gasteiger partial charge < -0.3 is 24.2 Å². The highest BCUT2D eigenvalue weighted by molar-refractivity contribution is 8.00. The lowest BCUT2D eigenvalue weighted by Crippen LogP contribution is -2.31. The lowest BCUT2D eigenvalue weighted by molar-refractivity contribution is -0.128. The predicted octanol–water partition coefficient (Wildman–Crippen LogP) is 1.29. The van der Waals surface area contributed by atoms with Crippen molar-refractivity contribution < 1.29 is 24.1 Å². The van der Waals surface area contributed by atoms with Gasteiger partial charge in [0.05, 0.1) is 39.8 Å². The van der Waals surface area contributed by atoms with Crippen LogP contribution in [-0.2, 0) is 9.53 Å². The average Bonchev–Trinajstić information content (AvgIpc) is 2.92. The first-order chi connectivity index (χ1) is 10.7. The average molecular weight is 327 g/mol. The fraction of sp³-hybridized carbons (Fsp3) is 0.533. The molecule has 1 aromatic carbocycles. The molecule has 1 amide bonds. The summed E-state index contributed by atoms with van der Waals surface area (Å²) in [6.45, 7) is 1.19. The Morgan fingerprint density at radius 3 is 2.73 bits per heavy atom. The van der Waals surface area contributed by atoms with Crippen molar-refractivity contribution in [2.24, 2.45) is 0 Å². The fourth-order valence-corrected chi connectivity index (χ4v) is 3.52. The summed E-state index contributed by atoms with van der Waals surface area (Å²) >= 11 is 1.58. The first-order valence-corrected chi connectivity index (χ1v) is 8.07. The van der Waals surface area contributed by atoms with Crippen LogP contribution in [0.25, 0.3) is 0 Å². The second-order valence-electron chi connectivity index (χ2n) is 4.70. The molecule has 1 N–H and O–H groups in total. The normalized spacial score (nSPS) is 17.9. The fourth-order valence-electron chi connectivity index (χ4n) is 2.31. The Labute approximate surface area is 134 Å². The summed E-state index contributed by atoms with van der Waals surface area (Å²) in [6, 6.07) is 5.69. The maximum atomic E-state index is 12.0. The van der Waals surface area contributed by atoms with Crippen LogP contribution in [0.2, 0.25) is 0 Å². The zero-order chi connectivity index (χ0) is 15.9. The minimum atomic E-state index is -0.0509. The van der Waals surface area contributed by atoms with E-state index in [0.29, 0.717) is 30.4 Å². The molecule has 22 heavy (non-hydrogen) atoms. The van der Waals surface area contributed by atoms with E-state index in [0.717, 1.165) is 5.56 Å². The van der Waals surface area contributed by atoms with Gasteiger partial charge in [0.15, 0.2) is 11.5 Å². The van der Waals surface area contributed by atoms with Crippen LogP contribution in [0.3, 0.4) is 0 Å². The van der Waals surface area contributed by atoms with E-state index in [4.69, 9.17) is 19.3 Å². The molecule has 1 unspecified atom stereocenters. The number of ether oxygens (including phenoxy) is 3. The third kappa shape index (κ3) is 3.85. The molecular weight excluding hydrogens is 306 g/mol. The summed E-state index contributed by atoms with van der Waals surface area (Å²) < 4.78 is 15.8. The molecule has 7 heteroatoms. The number of carbonyl (C=O) groups excluding carboxylic acids is 1. The summed E-state index contributed by atoms with van der Waals surface area (Å²) in [7, 11) is 3.19. The van der Waals surface area contributed by atoms with Gasteiger partial charge in [-0.2, -0.15) is 0 Å². The lowest BCUT2D eigenvalue weighted by atomic mass is 10.2. The van der Waals surface area contributed by atoms with Crippen molar-refractivity contribution in [2.45, 2.75) is 5.37 Å². The molecule has 0 bridgehead atoms. The summed E-state index contributed by atoms with van der Waals surface area (Å²) in [4.78, 5) is 13.8. The smallest absolute Gasteiger partial charge is 0.233 e. The topological polar surface area (TPSA) is 68.2 Å². The third-order valence-electron chi connectivity index (χ3n) is 3.37. The van der Waals surface area contributed by atoms with Gasteiger partial charge in [0.25, 0.3) is 0 Å². The Bertz CT molecular complexity index is 511. The SMILES string of the molecule is COc1ccc(C2SCC(=O)N2CCOCCO)cc1OC. The van der Waals surface area contributed by atoms with Crippen molar-refractivity contribution in [3.05, 3.63) is 23.8 Å². The van der Waals surface area contributed by atoms with Crippen molar-refractivity contribution in [2.75, 3.05) is 46.3 Å². The summed E-state index contributed by atoms with van der Waals surface area (Å²) in [6.07, 6.45) is 0. The van der Waals surface area contributed by atoms with E-state index in [9.17, 15) is 4.79 Å². The monoisotopic (exact) mass is 327 g/mol. The standard InChI is InChI=1S/C15H21NO5S/c1-19-12-4-3-11(9-13(12)20-2)15-16(14(18)10-22-15)5-7-21-8-6-17/h3-4,9,15,17H,5-8,10H2,1-2H3.